The van der Waals surface area contributed by atoms with Crippen molar-refractivity contribution < 1.29 is 4.79 Å². The molecule has 1 heterocycles. The van der Waals surface area contributed by atoms with Crippen molar-refractivity contribution in [2.45, 2.75) is 6.42 Å². The number of rotatable bonds is 3. The molecule has 0 amide bonds. The van der Waals surface area contributed by atoms with Crippen molar-refractivity contribution >= 4 is 28.4 Å². The summed E-state index contributed by atoms with van der Waals surface area (Å²) in [7, 11) is 0. The highest BCUT2D eigenvalue weighted by molar-refractivity contribution is 14.1. The minimum absolute atomic E-state index is 0.143. The van der Waals surface area contributed by atoms with Crippen molar-refractivity contribution in [3.63, 3.8) is 0 Å². The summed E-state index contributed by atoms with van der Waals surface area (Å²) in [5.41, 5.74) is 1.77. The van der Waals surface area contributed by atoms with E-state index < -0.39 is 0 Å². The number of pyridine rings is 1. The van der Waals surface area contributed by atoms with Gasteiger partial charge in [0.15, 0.2) is 5.78 Å². The van der Waals surface area contributed by atoms with Crippen molar-refractivity contribution in [3.05, 3.63) is 63.5 Å². The number of ketones is 1. The van der Waals surface area contributed by atoms with E-state index in [1.807, 2.05) is 36.4 Å². The van der Waals surface area contributed by atoms with E-state index in [2.05, 4.69) is 27.6 Å². The Morgan fingerprint density at radius 1 is 1.19 bits per heavy atom. The summed E-state index contributed by atoms with van der Waals surface area (Å²) in [5, 5.41) is 0. The lowest BCUT2D eigenvalue weighted by molar-refractivity contribution is 0.0993. The predicted molar refractivity (Wildman–Crippen MR) is 71.4 cm³/mol. The summed E-state index contributed by atoms with van der Waals surface area (Å²) in [4.78, 5) is 15.9. The van der Waals surface area contributed by atoms with Gasteiger partial charge in [-0.05, 0) is 52.4 Å². The molecule has 2 rings (SSSR count). The van der Waals surface area contributed by atoms with E-state index in [-0.39, 0.29) is 5.78 Å². The number of Topliss-reactive ketones (excluding diaryl/α,β-unsaturated/α-hetero) is 1. The fraction of sp³-hybridized carbons (Fsp3) is 0.0769. The molecule has 16 heavy (non-hydrogen) atoms. The number of aromatic nitrogens is 1. The zero-order valence-electron chi connectivity index (χ0n) is 8.56. The first-order chi connectivity index (χ1) is 7.75. The van der Waals surface area contributed by atoms with E-state index in [1.54, 1.807) is 12.4 Å². The minimum atomic E-state index is 0.143. The van der Waals surface area contributed by atoms with Gasteiger partial charge in [0.2, 0.25) is 0 Å². The summed E-state index contributed by atoms with van der Waals surface area (Å²) in [6.07, 6.45) is 3.84. The van der Waals surface area contributed by atoms with Crippen LogP contribution in [0.5, 0.6) is 0 Å². The smallest absolute Gasteiger partial charge is 0.167 e. The zero-order chi connectivity index (χ0) is 11.4. The molecule has 0 atom stereocenters. The van der Waals surface area contributed by atoms with Crippen LogP contribution in [0.2, 0.25) is 0 Å². The summed E-state index contributed by atoms with van der Waals surface area (Å²) in [6.45, 7) is 0. The largest absolute Gasteiger partial charge is 0.294 e. The summed E-state index contributed by atoms with van der Waals surface area (Å²) in [6, 6.07) is 11.4. The second-order valence-electron chi connectivity index (χ2n) is 3.47. The third-order valence-electron chi connectivity index (χ3n) is 2.26. The highest BCUT2D eigenvalue weighted by Gasteiger charge is 2.06. The van der Waals surface area contributed by atoms with Crippen LogP contribution in [0.15, 0.2) is 48.8 Å². The average molecular weight is 323 g/mol. The van der Waals surface area contributed by atoms with Crippen molar-refractivity contribution in [1.82, 2.24) is 4.98 Å². The highest BCUT2D eigenvalue weighted by atomic mass is 127. The molecule has 0 aliphatic carbocycles. The molecule has 3 heteroatoms. The maximum atomic E-state index is 11.9. The van der Waals surface area contributed by atoms with Gasteiger partial charge in [0.05, 0.1) is 0 Å². The highest BCUT2D eigenvalue weighted by Crippen LogP contribution is 2.11. The quantitative estimate of drug-likeness (QED) is 0.642. The molecule has 0 N–H and O–H groups in total. The standard InChI is InChI=1S/C13H10INO/c14-12-3-1-2-11(9-12)13(16)8-10-4-6-15-7-5-10/h1-7,9H,8H2. The predicted octanol–water partition coefficient (Wildman–Crippen LogP) is 3.11. The molecule has 0 aliphatic heterocycles. The molecule has 0 unspecified atom stereocenters. The monoisotopic (exact) mass is 323 g/mol. The molecule has 0 fully saturated rings. The van der Waals surface area contributed by atoms with Gasteiger partial charge in [-0.25, -0.2) is 0 Å². The number of halogens is 1. The topological polar surface area (TPSA) is 30.0 Å². The van der Waals surface area contributed by atoms with Gasteiger partial charge in [-0.15, -0.1) is 0 Å². The number of hydrogen-bond donors (Lipinski definition) is 0. The molecule has 0 radical (unpaired) electrons. The van der Waals surface area contributed by atoms with Crippen molar-refractivity contribution in [2.75, 3.05) is 0 Å². The number of nitrogens with zero attached hydrogens (tertiary/aromatic N) is 1. The SMILES string of the molecule is O=C(Cc1ccncc1)c1cccc(I)c1. The number of carbonyl (C=O) groups excluding carboxylic acids is 1. The third kappa shape index (κ3) is 2.88. The van der Waals surface area contributed by atoms with E-state index >= 15 is 0 Å². The Bertz CT molecular complexity index is 496. The molecule has 0 saturated heterocycles. The van der Waals surface area contributed by atoms with Crippen molar-refractivity contribution in [3.8, 4) is 0 Å². The Morgan fingerprint density at radius 3 is 2.62 bits per heavy atom. The molecule has 0 bridgehead atoms. The summed E-state index contributed by atoms with van der Waals surface area (Å²) >= 11 is 2.21. The van der Waals surface area contributed by atoms with E-state index in [1.165, 1.54) is 0 Å². The molecule has 0 saturated carbocycles. The van der Waals surface area contributed by atoms with Crippen LogP contribution in [0.3, 0.4) is 0 Å². The van der Waals surface area contributed by atoms with Crippen LogP contribution in [0.1, 0.15) is 15.9 Å². The Labute approximate surface area is 108 Å². The van der Waals surface area contributed by atoms with Gasteiger partial charge >= 0.3 is 0 Å². The number of carbonyl (C=O) groups is 1. The van der Waals surface area contributed by atoms with Crippen LogP contribution in [0.25, 0.3) is 0 Å². The first-order valence-corrected chi connectivity index (χ1v) is 6.01. The average Bonchev–Trinajstić information content (AvgIpc) is 2.30. The molecule has 1 aromatic heterocycles. The Hall–Kier alpha value is -1.23. The fourth-order valence-corrected chi connectivity index (χ4v) is 1.99. The third-order valence-corrected chi connectivity index (χ3v) is 2.93. The van der Waals surface area contributed by atoms with Gasteiger partial charge in [0, 0.05) is 27.9 Å². The number of hydrogen-bond acceptors (Lipinski definition) is 2. The molecular weight excluding hydrogens is 313 g/mol. The Morgan fingerprint density at radius 2 is 1.94 bits per heavy atom. The van der Waals surface area contributed by atoms with E-state index in [9.17, 15) is 4.79 Å². The molecule has 80 valence electrons. The van der Waals surface area contributed by atoms with Crippen LogP contribution in [-0.4, -0.2) is 10.8 Å². The molecule has 0 aliphatic rings. The molecule has 0 spiro atoms. The number of benzene rings is 1. The van der Waals surface area contributed by atoms with Crippen LogP contribution in [-0.2, 0) is 6.42 Å². The second-order valence-corrected chi connectivity index (χ2v) is 4.71. The Kier molecular flexibility index (Phi) is 3.66. The molecule has 1 aromatic carbocycles. The zero-order valence-corrected chi connectivity index (χ0v) is 10.7. The lowest BCUT2D eigenvalue weighted by atomic mass is 10.0. The Balaban J connectivity index is 2.15. The molecule has 2 aromatic rings. The van der Waals surface area contributed by atoms with Gasteiger partial charge < -0.3 is 0 Å². The maximum Gasteiger partial charge on any atom is 0.167 e. The summed E-state index contributed by atoms with van der Waals surface area (Å²) < 4.78 is 1.08. The van der Waals surface area contributed by atoms with E-state index in [0.717, 1.165) is 14.7 Å². The van der Waals surface area contributed by atoms with E-state index in [4.69, 9.17) is 0 Å². The van der Waals surface area contributed by atoms with Crippen LogP contribution in [0, 0.1) is 3.57 Å². The summed E-state index contributed by atoms with van der Waals surface area (Å²) in [5.74, 6) is 0.143. The lowest BCUT2D eigenvalue weighted by Gasteiger charge is -2.01. The molecule has 2 nitrogen and oxygen atoms in total. The van der Waals surface area contributed by atoms with Crippen LogP contribution in [0.4, 0.5) is 0 Å². The first kappa shape index (κ1) is 11.3. The fourth-order valence-electron chi connectivity index (χ4n) is 1.45. The van der Waals surface area contributed by atoms with Crippen molar-refractivity contribution in [2.24, 2.45) is 0 Å². The second kappa shape index (κ2) is 5.21. The van der Waals surface area contributed by atoms with Crippen LogP contribution < -0.4 is 0 Å². The maximum absolute atomic E-state index is 11.9. The first-order valence-electron chi connectivity index (χ1n) is 4.93. The normalized spacial score (nSPS) is 10.1. The minimum Gasteiger partial charge on any atom is -0.294 e. The van der Waals surface area contributed by atoms with E-state index in [0.29, 0.717) is 6.42 Å². The van der Waals surface area contributed by atoms with Gasteiger partial charge in [0.1, 0.15) is 0 Å². The van der Waals surface area contributed by atoms with Crippen molar-refractivity contribution in [1.29, 1.82) is 0 Å². The van der Waals surface area contributed by atoms with Gasteiger partial charge in [-0.3, -0.25) is 9.78 Å². The van der Waals surface area contributed by atoms with Gasteiger partial charge in [0.25, 0.3) is 0 Å². The van der Waals surface area contributed by atoms with Gasteiger partial charge in [-0.2, -0.15) is 0 Å². The van der Waals surface area contributed by atoms with Crippen LogP contribution >= 0.6 is 22.6 Å². The lowest BCUT2D eigenvalue weighted by Crippen LogP contribution is -2.03. The molecular formula is C13H10INO. The van der Waals surface area contributed by atoms with Gasteiger partial charge in [-0.1, -0.05) is 12.1 Å².